The van der Waals surface area contributed by atoms with Crippen molar-refractivity contribution >= 4 is 47.7 Å². The van der Waals surface area contributed by atoms with Crippen molar-refractivity contribution in [3.63, 3.8) is 0 Å². The maximum Gasteiger partial charge on any atom is 2.00 e. The van der Waals surface area contributed by atoms with Crippen molar-refractivity contribution in [2.75, 3.05) is 0 Å². The monoisotopic (exact) mass is 1010 g/mol. The summed E-state index contributed by atoms with van der Waals surface area (Å²) >= 11 is 0. The van der Waals surface area contributed by atoms with Gasteiger partial charge in [-0.2, -0.15) is 0 Å². The second-order valence-electron chi connectivity index (χ2n) is 12.5. The number of hydrogen-bond acceptors (Lipinski definition) is 8. The van der Waals surface area contributed by atoms with Crippen LogP contribution in [0.2, 0.25) is 0 Å². The van der Waals surface area contributed by atoms with Crippen molar-refractivity contribution in [3.05, 3.63) is 179 Å². The Hall–Kier alpha value is -2.62. The quantitative estimate of drug-likeness (QED) is 0.154. The van der Waals surface area contributed by atoms with E-state index in [0.29, 0.717) is 0 Å². The molecule has 0 amide bonds. The molecule has 0 aliphatic heterocycles. The summed E-state index contributed by atoms with van der Waals surface area (Å²) < 4.78 is 67.9. The molecule has 0 radical (unpaired) electrons. The van der Waals surface area contributed by atoms with E-state index in [9.17, 15) is 0 Å². The molecule has 0 atom stereocenters. The third kappa shape index (κ3) is 18.9. The predicted molar refractivity (Wildman–Crippen MR) is 199 cm³/mol. The van der Waals surface area contributed by atoms with Crippen LogP contribution >= 0.6 is 15.8 Å². The maximum absolute atomic E-state index is 8.49. The molecule has 0 N–H and O–H groups in total. The molecule has 0 aromatic heterocycles. The average Bonchev–Trinajstić information content (AvgIpc) is 3.04. The summed E-state index contributed by atoms with van der Waals surface area (Å²) in [5.41, 5.74) is 7.95. The van der Waals surface area contributed by atoms with Crippen molar-refractivity contribution < 1.29 is 85.4 Å². The van der Waals surface area contributed by atoms with E-state index in [1.165, 1.54) is 65.2 Å². The van der Waals surface area contributed by atoms with E-state index >= 15 is 0 Å². The predicted octanol–water partition coefficient (Wildman–Crippen LogP) is -0.774. The molecule has 0 spiro atoms. The fraction of sp³-hybridized carbons (Fsp3) is 0.143. The van der Waals surface area contributed by atoms with Crippen LogP contribution in [-0.2, 0) is 27.7 Å². The van der Waals surface area contributed by atoms with Gasteiger partial charge in [0.15, 0.2) is 0 Å². The van der Waals surface area contributed by atoms with E-state index in [2.05, 4.69) is 187 Å². The largest absolute Gasteiger partial charge is 2.00 e. The van der Waals surface area contributed by atoms with Crippen LogP contribution in [0.5, 0.6) is 0 Å². The minimum Gasteiger partial charge on any atom is -0.222 e. The molecule has 55 heavy (non-hydrogen) atoms. The number of hydrogen-bond donors (Lipinski definition) is 0. The summed E-state index contributed by atoms with van der Waals surface area (Å²) in [7, 11) is -10.9. The first kappa shape index (κ1) is 48.5. The molecule has 284 valence electrons. The minimum atomic E-state index is -4.94. The van der Waals surface area contributed by atoms with Crippen LogP contribution in [0.25, 0.3) is 0 Å². The second kappa shape index (κ2) is 22.9. The molecule has 6 aromatic carbocycles. The molecule has 8 nitrogen and oxygen atoms in total. The van der Waals surface area contributed by atoms with Gasteiger partial charge in [0, 0.05) is 0 Å². The van der Waals surface area contributed by atoms with E-state index in [0.717, 1.165) is 0 Å². The fourth-order valence-corrected chi connectivity index (χ4v) is 10.7. The van der Waals surface area contributed by atoms with Crippen molar-refractivity contribution in [3.8, 4) is 0 Å². The smallest absolute Gasteiger partial charge is 0.222 e. The van der Waals surface area contributed by atoms with Gasteiger partial charge in [-0.05, 0) is 89.2 Å². The van der Waals surface area contributed by atoms with Gasteiger partial charge in [0.05, 0.1) is 0 Å². The van der Waals surface area contributed by atoms with Gasteiger partial charge in [-0.1, -0.05) is 179 Å². The number of aryl methyl sites for hydroxylation is 6. The molecule has 0 saturated heterocycles. The van der Waals surface area contributed by atoms with Crippen LogP contribution in [0.3, 0.4) is 0 Å². The zero-order chi connectivity index (χ0) is 40.1. The maximum atomic E-state index is 8.49. The Kier molecular flexibility index (Phi) is 20.2. The van der Waals surface area contributed by atoms with E-state index in [1.54, 1.807) is 0 Å². The van der Waals surface area contributed by atoms with Crippen LogP contribution in [-0.4, -0.2) is 0 Å². The fourth-order valence-electron chi connectivity index (χ4n) is 5.50. The number of rotatable bonds is 6. The van der Waals surface area contributed by atoms with Crippen LogP contribution in [0.4, 0.5) is 0 Å². The molecule has 6 aromatic rings. The Balaban J connectivity index is 0.000000301. The van der Waals surface area contributed by atoms with Gasteiger partial charge in [-0.15, -0.1) is 20.5 Å². The molecule has 0 aliphatic rings. The molecule has 0 heterocycles. The summed E-state index contributed by atoms with van der Waals surface area (Å²) in [4.78, 5) is 0. The molecular weight excluding hydrogens is 966 g/mol. The van der Waals surface area contributed by atoms with E-state index in [1.807, 2.05) is 0 Å². The average molecular weight is 1010 g/mol. The Bertz CT molecular complexity index is 1710. The van der Waals surface area contributed by atoms with Crippen LogP contribution in [0.1, 0.15) is 33.4 Å². The first-order chi connectivity index (χ1) is 25.3. The van der Waals surface area contributed by atoms with Crippen molar-refractivity contribution in [1.29, 1.82) is 0 Å². The first-order valence-electron chi connectivity index (χ1n) is 16.5. The van der Waals surface area contributed by atoms with Crippen molar-refractivity contribution in [1.82, 2.24) is 0 Å². The standard InChI is InChI=1S/2C21H21P.2ClHO4.Hg/c2*1-16-7-4-10-19(13-16)22(20-11-5-8-17(2)14-20)21-12-6-9-18(3)15-21;2*2-1(3,4)5;/h2*4-15H,1-3H3;2*(H,2,3,4,5);/q;;;;+2/p-2. The van der Waals surface area contributed by atoms with Crippen molar-refractivity contribution in [2.24, 2.45) is 0 Å². The molecule has 0 aliphatic carbocycles. The van der Waals surface area contributed by atoms with Crippen LogP contribution in [0, 0.1) is 62.0 Å². The Morgan fingerprint density at radius 2 is 0.418 bits per heavy atom. The number of halogens is 2. The first-order valence-corrected chi connectivity index (χ1v) is 21.7. The van der Waals surface area contributed by atoms with Gasteiger partial charge in [-0.3, -0.25) is 0 Å². The molecule has 0 fully saturated rings. The number of benzene rings is 6. The van der Waals surface area contributed by atoms with E-state index < -0.39 is 36.3 Å². The summed E-state index contributed by atoms with van der Waals surface area (Å²) in [5, 5.41) is 8.53. The SMILES string of the molecule is Cc1cccc(P(c2cccc(C)c2)c2cccc(C)c2)c1.Cc1cccc(P(c2cccc(C)c2)c2cccc(C)c2)c1.[Hg+2].[O-][Cl+3]([O-])([O-])[O-].[O-][Cl+3]([O-])([O-])[O-]. The van der Waals surface area contributed by atoms with Gasteiger partial charge in [-0.25, -0.2) is 37.3 Å². The zero-order valence-electron chi connectivity index (χ0n) is 31.5. The van der Waals surface area contributed by atoms with Gasteiger partial charge < -0.3 is 0 Å². The molecule has 0 unspecified atom stereocenters. The molecule has 6 rings (SSSR count). The summed E-state index contributed by atoms with van der Waals surface area (Å²) in [6.07, 6.45) is 0. The Morgan fingerprint density at radius 3 is 0.527 bits per heavy atom. The van der Waals surface area contributed by atoms with Crippen LogP contribution in [0.15, 0.2) is 146 Å². The van der Waals surface area contributed by atoms with E-state index in [-0.39, 0.29) is 27.7 Å². The molecular formula is C42H42Cl2HgO8P2. The minimum absolute atomic E-state index is 0. The third-order valence-electron chi connectivity index (χ3n) is 7.56. The van der Waals surface area contributed by atoms with Gasteiger partial charge in [0.1, 0.15) is 0 Å². The Morgan fingerprint density at radius 1 is 0.291 bits per heavy atom. The summed E-state index contributed by atoms with van der Waals surface area (Å²) in [6, 6.07) is 53.6. The van der Waals surface area contributed by atoms with Crippen LogP contribution < -0.4 is 69.1 Å². The topological polar surface area (TPSA) is 184 Å². The van der Waals surface area contributed by atoms with Gasteiger partial charge >= 0.3 is 27.7 Å². The summed E-state index contributed by atoms with van der Waals surface area (Å²) in [6.45, 7) is 13.0. The van der Waals surface area contributed by atoms with Crippen molar-refractivity contribution in [2.45, 2.75) is 41.5 Å². The van der Waals surface area contributed by atoms with E-state index in [4.69, 9.17) is 37.3 Å². The molecule has 0 bridgehead atoms. The molecule has 13 heteroatoms. The molecule has 0 saturated carbocycles. The Labute approximate surface area is 351 Å². The zero-order valence-corrected chi connectivity index (χ0v) is 40.3. The normalized spacial score (nSPS) is 10.9. The second-order valence-corrected chi connectivity index (χ2v) is 18.4. The van der Waals surface area contributed by atoms with Gasteiger partial charge in [0.2, 0.25) is 0 Å². The van der Waals surface area contributed by atoms with Gasteiger partial charge in [0.25, 0.3) is 0 Å². The summed E-state index contributed by atoms with van der Waals surface area (Å²) in [5.74, 6) is 0. The third-order valence-corrected chi connectivity index (χ3v) is 12.3.